The van der Waals surface area contributed by atoms with Gasteiger partial charge in [-0.05, 0) is 39.9 Å². The monoisotopic (exact) mass is 323 g/mol. The number of ether oxygens (including phenoxy) is 1. The molecular weight excluding hydrogens is 298 g/mol. The van der Waals surface area contributed by atoms with Crippen molar-refractivity contribution in [1.82, 2.24) is 14.8 Å². The van der Waals surface area contributed by atoms with Gasteiger partial charge < -0.3 is 14.5 Å². The van der Waals surface area contributed by atoms with E-state index in [1.807, 2.05) is 31.3 Å². The Morgan fingerprint density at radius 1 is 1.50 bits per heavy atom. The van der Waals surface area contributed by atoms with Crippen molar-refractivity contribution in [1.29, 1.82) is 0 Å². The van der Waals surface area contributed by atoms with Crippen LogP contribution in [-0.2, 0) is 9.53 Å². The van der Waals surface area contributed by atoms with Crippen molar-refractivity contribution in [2.45, 2.75) is 25.9 Å². The minimum atomic E-state index is 0.0306. The van der Waals surface area contributed by atoms with E-state index in [0.29, 0.717) is 13.1 Å². The zero-order valence-electron chi connectivity index (χ0n) is 13.6. The molecule has 1 aromatic rings. The average Bonchev–Trinajstić information content (AvgIpc) is 3.12. The molecule has 0 aliphatic carbocycles. The predicted octanol–water partition coefficient (Wildman–Crippen LogP) is 2.03. The van der Waals surface area contributed by atoms with Gasteiger partial charge in [0.1, 0.15) is 0 Å². The Morgan fingerprint density at radius 3 is 2.91 bits per heavy atom. The lowest BCUT2D eigenvalue weighted by atomic mass is 10.2. The molecule has 1 amide bonds. The number of aryl methyl sites for hydroxylation is 1. The van der Waals surface area contributed by atoms with Crippen LogP contribution in [0.4, 0.5) is 0 Å². The van der Waals surface area contributed by atoms with Gasteiger partial charge in [-0.3, -0.25) is 4.79 Å². The minimum Gasteiger partial charge on any atom is -0.376 e. The Morgan fingerprint density at radius 2 is 2.32 bits per heavy atom. The maximum Gasteiger partial charge on any atom is 0.246 e. The first kappa shape index (κ1) is 17.1. The van der Waals surface area contributed by atoms with Crippen LogP contribution in [0.25, 0.3) is 6.08 Å². The van der Waals surface area contributed by atoms with Gasteiger partial charge in [-0.15, -0.1) is 11.3 Å². The third-order valence-electron chi connectivity index (χ3n) is 3.61. The maximum atomic E-state index is 12.5. The smallest absolute Gasteiger partial charge is 0.246 e. The quantitative estimate of drug-likeness (QED) is 0.720. The van der Waals surface area contributed by atoms with E-state index in [2.05, 4.69) is 9.88 Å². The molecule has 0 saturated carbocycles. The molecule has 5 nitrogen and oxygen atoms in total. The van der Waals surface area contributed by atoms with Crippen LogP contribution in [0.1, 0.15) is 23.5 Å². The molecule has 0 N–H and O–H groups in total. The first-order valence-corrected chi connectivity index (χ1v) is 8.58. The first-order chi connectivity index (χ1) is 10.5. The second kappa shape index (κ2) is 8.41. The molecule has 1 fully saturated rings. The molecule has 1 aliphatic rings. The van der Waals surface area contributed by atoms with Gasteiger partial charge in [0.15, 0.2) is 0 Å². The second-order valence-corrected chi connectivity index (χ2v) is 6.91. The standard InChI is InChI=1S/C16H25N3O2S/c1-13-17-14(12-22-13)6-7-16(20)19(9-8-18(2)3)11-15-5-4-10-21-15/h6-7,12,15H,4-5,8-11H2,1-3H3. The number of thiazole rings is 1. The normalized spacial score (nSPS) is 18.5. The second-order valence-electron chi connectivity index (χ2n) is 5.85. The van der Waals surface area contributed by atoms with E-state index >= 15 is 0 Å². The number of hydrogen-bond acceptors (Lipinski definition) is 5. The van der Waals surface area contributed by atoms with Gasteiger partial charge in [-0.2, -0.15) is 0 Å². The number of hydrogen-bond donors (Lipinski definition) is 0. The molecule has 2 heterocycles. The lowest BCUT2D eigenvalue weighted by Crippen LogP contribution is -2.40. The van der Waals surface area contributed by atoms with E-state index in [1.54, 1.807) is 23.5 Å². The minimum absolute atomic E-state index is 0.0306. The third-order valence-corrected chi connectivity index (χ3v) is 4.40. The van der Waals surface area contributed by atoms with Crippen LogP contribution in [-0.4, -0.2) is 67.1 Å². The molecule has 1 atom stereocenters. The Hall–Kier alpha value is -1.24. The summed E-state index contributed by atoms with van der Waals surface area (Å²) in [5.74, 6) is 0.0306. The number of aromatic nitrogens is 1. The fourth-order valence-electron chi connectivity index (χ4n) is 2.37. The lowest BCUT2D eigenvalue weighted by molar-refractivity contribution is -0.127. The van der Waals surface area contributed by atoms with Crippen molar-refractivity contribution in [3.05, 3.63) is 22.2 Å². The van der Waals surface area contributed by atoms with E-state index in [9.17, 15) is 4.79 Å². The number of likely N-dealkylation sites (N-methyl/N-ethyl adjacent to an activating group) is 1. The highest BCUT2D eigenvalue weighted by atomic mass is 32.1. The highest BCUT2D eigenvalue weighted by Crippen LogP contribution is 2.14. The SMILES string of the molecule is Cc1nc(C=CC(=O)N(CCN(C)C)CC2CCCO2)cs1. The number of amides is 1. The molecule has 122 valence electrons. The van der Waals surface area contributed by atoms with E-state index in [0.717, 1.165) is 36.7 Å². The van der Waals surface area contributed by atoms with Crippen LogP contribution < -0.4 is 0 Å². The third kappa shape index (κ3) is 5.51. The summed E-state index contributed by atoms with van der Waals surface area (Å²) in [4.78, 5) is 20.8. The number of carbonyl (C=O) groups is 1. The molecule has 1 aliphatic heterocycles. The van der Waals surface area contributed by atoms with Crippen LogP contribution in [0.15, 0.2) is 11.5 Å². The van der Waals surface area contributed by atoms with Crippen molar-refractivity contribution < 1.29 is 9.53 Å². The molecule has 1 unspecified atom stereocenters. The Bertz CT molecular complexity index is 507. The van der Waals surface area contributed by atoms with Gasteiger partial charge in [0.25, 0.3) is 0 Å². The maximum absolute atomic E-state index is 12.5. The summed E-state index contributed by atoms with van der Waals surface area (Å²) in [7, 11) is 4.03. The van der Waals surface area contributed by atoms with E-state index in [-0.39, 0.29) is 12.0 Å². The molecule has 0 bridgehead atoms. The van der Waals surface area contributed by atoms with Crippen molar-refractivity contribution in [3.63, 3.8) is 0 Å². The zero-order chi connectivity index (χ0) is 15.9. The fraction of sp³-hybridized carbons (Fsp3) is 0.625. The van der Waals surface area contributed by atoms with Crippen LogP contribution in [0.5, 0.6) is 0 Å². The summed E-state index contributed by atoms with van der Waals surface area (Å²) in [6.07, 6.45) is 5.74. The molecule has 22 heavy (non-hydrogen) atoms. The van der Waals surface area contributed by atoms with Crippen molar-refractivity contribution in [2.24, 2.45) is 0 Å². The van der Waals surface area contributed by atoms with Crippen molar-refractivity contribution in [3.8, 4) is 0 Å². The molecular formula is C16H25N3O2S. The summed E-state index contributed by atoms with van der Waals surface area (Å²) in [6.45, 7) is 5.01. The lowest BCUT2D eigenvalue weighted by Gasteiger charge is -2.25. The molecule has 2 rings (SSSR count). The average molecular weight is 323 g/mol. The Balaban J connectivity index is 1.95. The van der Waals surface area contributed by atoms with Gasteiger partial charge in [-0.25, -0.2) is 4.98 Å². The van der Waals surface area contributed by atoms with E-state index in [1.165, 1.54) is 0 Å². The molecule has 0 radical (unpaired) electrons. The van der Waals surface area contributed by atoms with E-state index < -0.39 is 0 Å². The van der Waals surface area contributed by atoms with E-state index in [4.69, 9.17) is 4.74 Å². The highest BCUT2D eigenvalue weighted by Gasteiger charge is 2.21. The summed E-state index contributed by atoms with van der Waals surface area (Å²) >= 11 is 1.59. The summed E-state index contributed by atoms with van der Waals surface area (Å²) in [5.41, 5.74) is 0.848. The van der Waals surface area contributed by atoms with Crippen molar-refractivity contribution in [2.75, 3.05) is 40.3 Å². The molecule has 1 saturated heterocycles. The fourth-order valence-corrected chi connectivity index (χ4v) is 2.95. The first-order valence-electron chi connectivity index (χ1n) is 7.70. The van der Waals surface area contributed by atoms with Crippen molar-refractivity contribution >= 4 is 23.3 Å². The topological polar surface area (TPSA) is 45.7 Å². The number of carbonyl (C=O) groups excluding carboxylic acids is 1. The predicted molar refractivity (Wildman–Crippen MR) is 90.0 cm³/mol. The highest BCUT2D eigenvalue weighted by molar-refractivity contribution is 7.09. The Kier molecular flexibility index (Phi) is 6.54. The summed E-state index contributed by atoms with van der Waals surface area (Å²) in [6, 6.07) is 0. The van der Waals surface area contributed by atoms with Crippen LogP contribution >= 0.6 is 11.3 Å². The molecule has 6 heteroatoms. The number of rotatable bonds is 7. The van der Waals surface area contributed by atoms with Gasteiger partial charge in [0.05, 0.1) is 16.8 Å². The number of nitrogens with zero attached hydrogens (tertiary/aromatic N) is 3. The summed E-state index contributed by atoms with van der Waals surface area (Å²) < 4.78 is 5.66. The molecule has 1 aromatic heterocycles. The van der Waals surface area contributed by atoms with Crippen LogP contribution in [0.3, 0.4) is 0 Å². The van der Waals surface area contributed by atoms with Crippen LogP contribution in [0.2, 0.25) is 0 Å². The Labute approximate surface area is 136 Å². The van der Waals surface area contributed by atoms with Gasteiger partial charge in [0, 0.05) is 37.7 Å². The molecule has 0 spiro atoms. The zero-order valence-corrected chi connectivity index (χ0v) is 14.4. The van der Waals surface area contributed by atoms with Gasteiger partial charge in [0.2, 0.25) is 5.91 Å². The largest absolute Gasteiger partial charge is 0.376 e. The van der Waals surface area contributed by atoms with Crippen LogP contribution in [0, 0.1) is 6.92 Å². The van der Waals surface area contributed by atoms with Gasteiger partial charge in [-0.1, -0.05) is 0 Å². The van der Waals surface area contributed by atoms with Gasteiger partial charge >= 0.3 is 0 Å². The summed E-state index contributed by atoms with van der Waals surface area (Å²) in [5, 5.41) is 2.97. The molecule has 0 aromatic carbocycles.